The molecule has 104 valence electrons. The summed E-state index contributed by atoms with van der Waals surface area (Å²) < 4.78 is 36.1. The van der Waals surface area contributed by atoms with Gasteiger partial charge in [0.1, 0.15) is 12.2 Å². The summed E-state index contributed by atoms with van der Waals surface area (Å²) in [5.74, 6) is -2.84. The Balaban J connectivity index is 1.82. The quantitative estimate of drug-likeness (QED) is 0.714. The van der Waals surface area contributed by atoms with Crippen LogP contribution in [0.5, 0.6) is 0 Å². The third kappa shape index (κ3) is 2.89. The standard InChI is InChI=1S/C11H18F2N2O3/c1-9(2,3)18-8(16)15-5-11(6-15)14-4-10(12,13)7-17-11/h14H,4-7H2,1-3H3. The molecule has 1 amide bonds. The summed E-state index contributed by atoms with van der Waals surface area (Å²) in [6, 6.07) is 0. The van der Waals surface area contributed by atoms with Gasteiger partial charge in [0.25, 0.3) is 5.92 Å². The topological polar surface area (TPSA) is 50.8 Å². The number of ether oxygens (including phenoxy) is 2. The summed E-state index contributed by atoms with van der Waals surface area (Å²) in [6.45, 7) is 4.76. The van der Waals surface area contributed by atoms with Crippen molar-refractivity contribution < 1.29 is 23.0 Å². The van der Waals surface area contributed by atoms with Gasteiger partial charge in [-0.25, -0.2) is 13.6 Å². The molecule has 0 bridgehead atoms. The summed E-state index contributed by atoms with van der Waals surface area (Å²) in [6.07, 6.45) is -0.448. The number of halogens is 2. The number of alkyl halides is 2. The van der Waals surface area contributed by atoms with Gasteiger partial charge >= 0.3 is 6.09 Å². The highest BCUT2D eigenvalue weighted by molar-refractivity contribution is 5.69. The minimum absolute atomic E-state index is 0.234. The average Bonchev–Trinajstić information content (AvgIpc) is 2.12. The lowest BCUT2D eigenvalue weighted by molar-refractivity contribution is -0.234. The molecule has 2 aliphatic rings. The van der Waals surface area contributed by atoms with Crippen LogP contribution in [0.3, 0.4) is 0 Å². The van der Waals surface area contributed by atoms with E-state index in [1.807, 2.05) is 0 Å². The van der Waals surface area contributed by atoms with Crippen LogP contribution < -0.4 is 5.32 Å². The zero-order valence-electron chi connectivity index (χ0n) is 10.8. The minimum Gasteiger partial charge on any atom is -0.444 e. The van der Waals surface area contributed by atoms with Crippen LogP contribution in [0.15, 0.2) is 0 Å². The van der Waals surface area contributed by atoms with Crippen molar-refractivity contribution in [2.45, 2.75) is 38.0 Å². The molecule has 0 atom stereocenters. The molecule has 1 N–H and O–H groups in total. The summed E-state index contributed by atoms with van der Waals surface area (Å²) >= 11 is 0. The van der Waals surface area contributed by atoms with Crippen LogP contribution in [-0.2, 0) is 9.47 Å². The molecule has 0 aromatic heterocycles. The number of nitrogens with zero attached hydrogens (tertiary/aromatic N) is 1. The summed E-state index contributed by atoms with van der Waals surface area (Å²) in [5.41, 5.74) is -1.38. The number of hydrogen-bond donors (Lipinski definition) is 1. The van der Waals surface area contributed by atoms with Gasteiger partial charge < -0.3 is 9.47 Å². The Morgan fingerprint density at radius 2 is 2.00 bits per heavy atom. The Bertz CT molecular complexity index is 337. The van der Waals surface area contributed by atoms with E-state index in [1.54, 1.807) is 20.8 Å². The zero-order chi connectivity index (χ0) is 13.6. The second kappa shape index (κ2) is 4.03. The number of likely N-dealkylation sites (tertiary alicyclic amines) is 1. The molecule has 2 aliphatic heterocycles. The van der Waals surface area contributed by atoms with Crippen molar-refractivity contribution in [1.29, 1.82) is 0 Å². The van der Waals surface area contributed by atoms with Crippen molar-refractivity contribution >= 4 is 6.09 Å². The van der Waals surface area contributed by atoms with Gasteiger partial charge in [0, 0.05) is 0 Å². The van der Waals surface area contributed by atoms with Crippen LogP contribution >= 0.6 is 0 Å². The van der Waals surface area contributed by atoms with Crippen molar-refractivity contribution in [3.8, 4) is 0 Å². The lowest BCUT2D eigenvalue weighted by Gasteiger charge is -2.52. The van der Waals surface area contributed by atoms with Gasteiger partial charge in [-0.3, -0.25) is 10.2 Å². The minimum atomic E-state index is -2.84. The van der Waals surface area contributed by atoms with Gasteiger partial charge in [0.15, 0.2) is 5.72 Å². The van der Waals surface area contributed by atoms with Gasteiger partial charge in [-0.05, 0) is 20.8 Å². The highest BCUT2D eigenvalue weighted by Crippen LogP contribution is 2.30. The normalized spacial score (nSPS) is 25.7. The Kier molecular flexibility index (Phi) is 3.02. The maximum atomic E-state index is 12.9. The third-order valence-electron chi connectivity index (χ3n) is 2.77. The van der Waals surface area contributed by atoms with E-state index < -0.39 is 36.5 Å². The number of nitrogens with one attached hydrogen (secondary N) is 1. The number of carbonyl (C=O) groups excluding carboxylic acids is 1. The largest absolute Gasteiger partial charge is 0.444 e. The van der Waals surface area contributed by atoms with Gasteiger partial charge in [-0.1, -0.05) is 0 Å². The number of carbonyl (C=O) groups is 1. The predicted molar refractivity (Wildman–Crippen MR) is 59.4 cm³/mol. The molecule has 5 nitrogen and oxygen atoms in total. The number of hydrogen-bond acceptors (Lipinski definition) is 4. The van der Waals surface area contributed by atoms with E-state index >= 15 is 0 Å². The van der Waals surface area contributed by atoms with Crippen LogP contribution in [0.2, 0.25) is 0 Å². The van der Waals surface area contributed by atoms with E-state index in [2.05, 4.69) is 5.32 Å². The molecule has 0 aromatic carbocycles. The maximum absolute atomic E-state index is 12.9. The van der Waals surface area contributed by atoms with Gasteiger partial charge in [0.05, 0.1) is 19.6 Å². The van der Waals surface area contributed by atoms with E-state index in [9.17, 15) is 13.6 Å². The fourth-order valence-electron chi connectivity index (χ4n) is 1.87. The molecule has 18 heavy (non-hydrogen) atoms. The highest BCUT2D eigenvalue weighted by atomic mass is 19.3. The number of amides is 1. The first-order valence-corrected chi connectivity index (χ1v) is 5.86. The first kappa shape index (κ1) is 13.5. The molecular weight excluding hydrogens is 246 g/mol. The van der Waals surface area contributed by atoms with Crippen LogP contribution in [-0.4, -0.2) is 54.5 Å². The smallest absolute Gasteiger partial charge is 0.410 e. The molecule has 2 rings (SSSR count). The van der Waals surface area contributed by atoms with E-state index in [1.165, 1.54) is 4.90 Å². The van der Waals surface area contributed by atoms with Crippen molar-refractivity contribution in [1.82, 2.24) is 10.2 Å². The Morgan fingerprint density at radius 1 is 1.39 bits per heavy atom. The van der Waals surface area contributed by atoms with E-state index in [0.717, 1.165) is 0 Å². The van der Waals surface area contributed by atoms with Gasteiger partial charge in [-0.2, -0.15) is 0 Å². The molecule has 7 heteroatoms. The average molecular weight is 264 g/mol. The molecule has 2 heterocycles. The molecule has 2 saturated heterocycles. The first-order chi connectivity index (χ1) is 8.11. The van der Waals surface area contributed by atoms with Crippen molar-refractivity contribution in [3.63, 3.8) is 0 Å². The Morgan fingerprint density at radius 3 is 2.44 bits per heavy atom. The molecule has 0 saturated carbocycles. The summed E-state index contributed by atoms with van der Waals surface area (Å²) in [4.78, 5) is 13.1. The molecule has 0 aromatic rings. The fourth-order valence-corrected chi connectivity index (χ4v) is 1.87. The van der Waals surface area contributed by atoms with Crippen LogP contribution in [0.25, 0.3) is 0 Å². The van der Waals surface area contributed by atoms with Crippen molar-refractivity contribution in [2.75, 3.05) is 26.2 Å². The predicted octanol–water partition coefficient (Wildman–Crippen LogP) is 1.19. The lowest BCUT2D eigenvalue weighted by atomic mass is 10.0. The lowest BCUT2D eigenvalue weighted by Crippen LogP contribution is -2.75. The molecule has 1 spiro atoms. The summed E-state index contributed by atoms with van der Waals surface area (Å²) in [5, 5.41) is 2.65. The van der Waals surface area contributed by atoms with Gasteiger partial charge in [0.2, 0.25) is 0 Å². The second-order valence-corrected chi connectivity index (χ2v) is 5.83. The van der Waals surface area contributed by atoms with E-state index in [0.29, 0.717) is 0 Å². The van der Waals surface area contributed by atoms with Gasteiger partial charge in [-0.15, -0.1) is 0 Å². The van der Waals surface area contributed by atoms with Crippen molar-refractivity contribution in [2.24, 2.45) is 0 Å². The molecule has 0 radical (unpaired) electrons. The maximum Gasteiger partial charge on any atom is 0.410 e. The highest BCUT2D eigenvalue weighted by Gasteiger charge is 2.53. The van der Waals surface area contributed by atoms with Crippen LogP contribution in [0.4, 0.5) is 13.6 Å². The van der Waals surface area contributed by atoms with Crippen molar-refractivity contribution in [3.05, 3.63) is 0 Å². The Labute approximate surface area is 104 Å². The fraction of sp³-hybridized carbons (Fsp3) is 0.909. The number of rotatable bonds is 0. The van der Waals surface area contributed by atoms with E-state index in [-0.39, 0.29) is 13.1 Å². The third-order valence-corrected chi connectivity index (χ3v) is 2.77. The van der Waals surface area contributed by atoms with Crippen LogP contribution in [0.1, 0.15) is 20.8 Å². The molecular formula is C11H18F2N2O3. The SMILES string of the molecule is CC(C)(C)OC(=O)N1CC2(C1)NCC(F)(F)CO2. The van der Waals surface area contributed by atoms with Crippen LogP contribution in [0, 0.1) is 0 Å². The molecule has 0 aliphatic carbocycles. The molecule has 0 unspecified atom stereocenters. The zero-order valence-corrected chi connectivity index (χ0v) is 10.8. The monoisotopic (exact) mass is 264 g/mol. The summed E-state index contributed by atoms with van der Waals surface area (Å²) in [7, 11) is 0. The molecule has 2 fully saturated rings. The first-order valence-electron chi connectivity index (χ1n) is 5.86. The second-order valence-electron chi connectivity index (χ2n) is 5.83. The Hall–Kier alpha value is -0.950. The van der Waals surface area contributed by atoms with E-state index in [4.69, 9.17) is 9.47 Å².